The number of rotatable bonds is 5. The van der Waals surface area contributed by atoms with Crippen LogP contribution in [0.25, 0.3) is 6.08 Å². The molecule has 0 heterocycles. The monoisotopic (exact) mass is 472 g/mol. The van der Waals surface area contributed by atoms with E-state index in [0.29, 0.717) is 30.5 Å². The van der Waals surface area contributed by atoms with E-state index in [-0.39, 0.29) is 6.04 Å². The third kappa shape index (κ3) is 6.05. The normalized spacial score (nSPS) is 17.0. The number of alkyl halides is 6. The van der Waals surface area contributed by atoms with Crippen molar-refractivity contribution in [2.75, 3.05) is 0 Å². The van der Waals surface area contributed by atoms with Crippen molar-refractivity contribution in [1.29, 1.82) is 0 Å². The van der Waals surface area contributed by atoms with Crippen LogP contribution in [-0.2, 0) is 17.4 Å². The standard InChI is InChI=1S/C22H18F6N2O3/c23-21(24,25)15-3-1-2-14(11-15)19(22(26,27)28)30-18(31)9-5-12-4-7-16-13(10-12)6-8-17(16)29-20(32)33/h1-5,7,9-11,17,19,29H,6,8H2,(H,30,31)(H,32,33). The summed E-state index contributed by atoms with van der Waals surface area (Å²) in [6.45, 7) is 0. The van der Waals surface area contributed by atoms with Crippen molar-refractivity contribution >= 4 is 18.1 Å². The maximum Gasteiger partial charge on any atom is 0.416 e. The number of hydrogen-bond acceptors (Lipinski definition) is 2. The molecule has 33 heavy (non-hydrogen) atoms. The molecule has 1 aliphatic carbocycles. The third-order valence-corrected chi connectivity index (χ3v) is 5.13. The van der Waals surface area contributed by atoms with Crippen LogP contribution in [0.4, 0.5) is 31.1 Å². The van der Waals surface area contributed by atoms with E-state index in [1.807, 2.05) is 0 Å². The van der Waals surface area contributed by atoms with Crippen LogP contribution in [-0.4, -0.2) is 23.3 Å². The zero-order valence-electron chi connectivity index (χ0n) is 16.8. The molecular formula is C22H18F6N2O3. The first-order chi connectivity index (χ1) is 15.3. The Labute approximate surface area is 184 Å². The Bertz CT molecular complexity index is 1080. The highest BCUT2D eigenvalue weighted by atomic mass is 19.4. The van der Waals surface area contributed by atoms with Crippen LogP contribution >= 0.6 is 0 Å². The van der Waals surface area contributed by atoms with E-state index in [0.717, 1.165) is 29.3 Å². The molecular weight excluding hydrogens is 454 g/mol. The van der Waals surface area contributed by atoms with Gasteiger partial charge in [-0.2, -0.15) is 26.3 Å². The largest absolute Gasteiger partial charge is 0.465 e. The number of aryl methyl sites for hydroxylation is 1. The number of carboxylic acid groups (broad SMARTS) is 1. The molecule has 5 nitrogen and oxygen atoms in total. The Hall–Kier alpha value is -3.50. The third-order valence-electron chi connectivity index (χ3n) is 5.13. The molecule has 0 fully saturated rings. The highest BCUT2D eigenvalue weighted by molar-refractivity contribution is 5.92. The molecule has 3 rings (SSSR count). The van der Waals surface area contributed by atoms with Crippen LogP contribution in [0.5, 0.6) is 0 Å². The van der Waals surface area contributed by atoms with Gasteiger partial charge < -0.3 is 15.7 Å². The molecule has 1 aliphatic rings. The van der Waals surface area contributed by atoms with Gasteiger partial charge in [-0.1, -0.05) is 30.3 Å². The second-order valence-electron chi connectivity index (χ2n) is 7.44. The fraction of sp³-hybridized carbons (Fsp3) is 0.273. The van der Waals surface area contributed by atoms with Gasteiger partial charge in [-0.05, 0) is 53.3 Å². The highest BCUT2D eigenvalue weighted by Crippen LogP contribution is 2.36. The first kappa shape index (κ1) is 24.1. The Morgan fingerprint density at radius 3 is 2.42 bits per heavy atom. The molecule has 0 spiro atoms. The summed E-state index contributed by atoms with van der Waals surface area (Å²) in [7, 11) is 0. The Morgan fingerprint density at radius 2 is 1.79 bits per heavy atom. The SMILES string of the molecule is O=C(O)NC1CCc2cc(C=CC(=O)NC(c3cccc(C(F)(F)F)c3)C(F)(F)F)ccc21. The average Bonchev–Trinajstić information content (AvgIpc) is 3.10. The molecule has 0 radical (unpaired) electrons. The summed E-state index contributed by atoms with van der Waals surface area (Å²) in [6.07, 6.45) is -7.74. The van der Waals surface area contributed by atoms with E-state index in [2.05, 4.69) is 5.32 Å². The van der Waals surface area contributed by atoms with Crippen LogP contribution in [0, 0.1) is 0 Å². The van der Waals surface area contributed by atoms with E-state index in [9.17, 15) is 35.9 Å². The molecule has 0 saturated carbocycles. The van der Waals surface area contributed by atoms with Crippen LogP contribution in [0.1, 0.15) is 46.3 Å². The van der Waals surface area contributed by atoms with E-state index in [4.69, 9.17) is 5.11 Å². The predicted molar refractivity (Wildman–Crippen MR) is 106 cm³/mol. The maximum atomic E-state index is 13.5. The Kier molecular flexibility index (Phi) is 6.71. The minimum absolute atomic E-state index is 0.351. The molecule has 0 saturated heterocycles. The van der Waals surface area contributed by atoms with Crippen molar-refractivity contribution in [3.8, 4) is 0 Å². The smallest absolute Gasteiger partial charge is 0.416 e. The molecule has 2 unspecified atom stereocenters. The van der Waals surface area contributed by atoms with Crippen LogP contribution in [0.2, 0.25) is 0 Å². The number of carbonyl (C=O) groups is 2. The summed E-state index contributed by atoms with van der Waals surface area (Å²) in [5.74, 6) is -1.14. The van der Waals surface area contributed by atoms with Crippen LogP contribution in [0.15, 0.2) is 48.5 Å². The number of hydrogen-bond donors (Lipinski definition) is 3. The summed E-state index contributed by atoms with van der Waals surface area (Å²) < 4.78 is 79.0. The Morgan fingerprint density at radius 1 is 1.06 bits per heavy atom. The van der Waals surface area contributed by atoms with Crippen molar-refractivity contribution in [1.82, 2.24) is 10.6 Å². The van der Waals surface area contributed by atoms with Gasteiger partial charge in [0, 0.05) is 6.08 Å². The fourth-order valence-electron chi connectivity index (χ4n) is 3.65. The lowest BCUT2D eigenvalue weighted by Gasteiger charge is -2.22. The molecule has 2 aromatic rings. The minimum Gasteiger partial charge on any atom is -0.465 e. The average molecular weight is 472 g/mol. The Balaban J connectivity index is 1.75. The van der Waals surface area contributed by atoms with Gasteiger partial charge in [0.05, 0.1) is 11.6 Å². The number of halogens is 6. The van der Waals surface area contributed by atoms with Crippen LogP contribution < -0.4 is 10.6 Å². The van der Waals surface area contributed by atoms with Crippen molar-refractivity contribution < 1.29 is 41.0 Å². The van der Waals surface area contributed by atoms with E-state index in [1.165, 1.54) is 6.08 Å². The summed E-state index contributed by atoms with van der Waals surface area (Å²) in [4.78, 5) is 23.0. The van der Waals surface area contributed by atoms with Crippen molar-refractivity contribution in [3.05, 3.63) is 76.4 Å². The highest BCUT2D eigenvalue weighted by Gasteiger charge is 2.42. The minimum atomic E-state index is -5.02. The first-order valence-corrected chi connectivity index (χ1v) is 9.69. The van der Waals surface area contributed by atoms with Crippen LogP contribution in [0.3, 0.4) is 0 Å². The lowest BCUT2D eigenvalue weighted by atomic mass is 10.0. The molecule has 176 valence electrons. The number of amides is 2. The molecule has 3 N–H and O–H groups in total. The van der Waals surface area contributed by atoms with Gasteiger partial charge in [-0.15, -0.1) is 0 Å². The fourth-order valence-corrected chi connectivity index (χ4v) is 3.65. The second-order valence-corrected chi connectivity index (χ2v) is 7.44. The van der Waals surface area contributed by atoms with Gasteiger partial charge in [-0.25, -0.2) is 4.79 Å². The van der Waals surface area contributed by atoms with Crippen molar-refractivity contribution in [2.24, 2.45) is 0 Å². The topological polar surface area (TPSA) is 78.4 Å². The maximum absolute atomic E-state index is 13.5. The van der Waals surface area contributed by atoms with Gasteiger partial charge >= 0.3 is 18.4 Å². The summed E-state index contributed by atoms with van der Waals surface area (Å²) in [5.41, 5.74) is 0.123. The predicted octanol–water partition coefficient (Wildman–Crippen LogP) is 5.39. The lowest BCUT2D eigenvalue weighted by molar-refractivity contribution is -0.162. The molecule has 0 aromatic heterocycles. The van der Waals surface area contributed by atoms with Gasteiger partial charge in [0.1, 0.15) is 0 Å². The number of benzene rings is 2. The van der Waals surface area contributed by atoms with E-state index >= 15 is 0 Å². The molecule has 2 amide bonds. The van der Waals surface area contributed by atoms with Crippen molar-refractivity contribution in [3.63, 3.8) is 0 Å². The van der Waals surface area contributed by atoms with Crippen molar-refractivity contribution in [2.45, 2.75) is 37.3 Å². The number of carbonyl (C=O) groups excluding carboxylic acids is 1. The zero-order chi connectivity index (χ0) is 24.4. The van der Waals surface area contributed by atoms with E-state index < -0.39 is 41.5 Å². The van der Waals surface area contributed by atoms with Gasteiger partial charge in [0.15, 0.2) is 6.04 Å². The summed E-state index contributed by atoms with van der Waals surface area (Å²) in [6, 6.07) is 4.65. The lowest BCUT2D eigenvalue weighted by Crippen LogP contribution is -2.37. The number of nitrogens with one attached hydrogen (secondary N) is 2. The molecule has 11 heteroatoms. The van der Waals surface area contributed by atoms with E-state index in [1.54, 1.807) is 23.5 Å². The molecule has 2 atom stereocenters. The molecule has 2 aromatic carbocycles. The van der Waals surface area contributed by atoms with Gasteiger partial charge in [0.2, 0.25) is 5.91 Å². The van der Waals surface area contributed by atoms with Gasteiger partial charge in [0.25, 0.3) is 0 Å². The summed E-state index contributed by atoms with van der Waals surface area (Å²) >= 11 is 0. The zero-order valence-corrected chi connectivity index (χ0v) is 16.8. The molecule has 0 aliphatic heterocycles. The second kappa shape index (κ2) is 9.16. The summed E-state index contributed by atoms with van der Waals surface area (Å²) in [5, 5.41) is 13.0. The van der Waals surface area contributed by atoms with Gasteiger partial charge in [-0.3, -0.25) is 4.79 Å². The number of fused-ring (bicyclic) bond motifs is 1. The first-order valence-electron chi connectivity index (χ1n) is 9.69. The quantitative estimate of drug-likeness (QED) is 0.403. The molecule has 0 bridgehead atoms.